The number of hydrogen-bond acceptors (Lipinski definition) is 1. The van der Waals surface area contributed by atoms with Crippen molar-refractivity contribution in [3.05, 3.63) is 282 Å². The number of rotatable bonds is 8. The molecule has 2 heteroatoms. The van der Waals surface area contributed by atoms with Crippen LogP contribution in [0.5, 0.6) is 0 Å². The highest BCUT2D eigenvalue weighted by Crippen LogP contribution is 2.57. The van der Waals surface area contributed by atoms with Crippen LogP contribution < -0.4 is 4.90 Å². The second-order valence-corrected chi connectivity index (χ2v) is 17.9. The summed E-state index contributed by atoms with van der Waals surface area (Å²) >= 11 is 0. The lowest BCUT2D eigenvalue weighted by Gasteiger charge is -2.35. The second-order valence-electron chi connectivity index (χ2n) is 17.9. The largest absolute Gasteiger partial charge is 0.310 e. The summed E-state index contributed by atoms with van der Waals surface area (Å²) in [7, 11) is 0. The minimum Gasteiger partial charge on any atom is -0.310 e. The molecule has 13 rings (SSSR count). The Balaban J connectivity index is 0.875. The lowest BCUT2D eigenvalue weighted by molar-refractivity contribution is 0.768. The molecule has 0 radical (unpaired) electrons. The molecule has 0 N–H and O–H groups in total. The van der Waals surface area contributed by atoms with E-state index in [1.54, 1.807) is 0 Å². The third-order valence-corrected chi connectivity index (χ3v) is 14.3. The number of nitrogens with zero attached hydrogens (tertiary/aromatic N) is 2. The van der Waals surface area contributed by atoms with Crippen LogP contribution in [0.2, 0.25) is 0 Å². The van der Waals surface area contributed by atoms with Crippen LogP contribution >= 0.6 is 0 Å². The molecule has 2 aliphatic rings. The molecule has 2 aliphatic carbocycles. The molecule has 0 spiro atoms. The van der Waals surface area contributed by atoms with Crippen molar-refractivity contribution in [2.45, 2.75) is 18.3 Å². The van der Waals surface area contributed by atoms with Gasteiger partial charge < -0.3 is 9.47 Å². The van der Waals surface area contributed by atoms with Crippen LogP contribution in [0, 0.1) is 0 Å². The summed E-state index contributed by atoms with van der Waals surface area (Å²) in [5, 5.41) is 2.69. The van der Waals surface area contributed by atoms with Gasteiger partial charge in [0.1, 0.15) is 0 Å². The van der Waals surface area contributed by atoms with Crippen LogP contribution in [-0.4, -0.2) is 4.57 Å². The minimum atomic E-state index is -0.479. The van der Waals surface area contributed by atoms with E-state index in [1.807, 2.05) is 0 Å². The van der Waals surface area contributed by atoms with E-state index in [-0.39, 0.29) is 0 Å². The smallest absolute Gasteiger partial charge is 0.0714 e. The summed E-state index contributed by atoms with van der Waals surface area (Å²) < 4.78 is 2.44. The third kappa shape index (κ3) is 6.25. The zero-order valence-corrected chi connectivity index (χ0v) is 37.1. The second kappa shape index (κ2) is 15.9. The first-order valence-electron chi connectivity index (χ1n) is 23.5. The van der Waals surface area contributed by atoms with Gasteiger partial charge in [-0.05, 0) is 146 Å². The van der Waals surface area contributed by atoms with Gasteiger partial charge in [-0.25, -0.2) is 0 Å². The summed E-state index contributed by atoms with van der Waals surface area (Å²) in [6.07, 6.45) is 6.74. The highest BCUT2D eigenvalue weighted by Gasteiger charge is 2.46. The third-order valence-electron chi connectivity index (χ3n) is 14.3. The van der Waals surface area contributed by atoms with E-state index in [0.29, 0.717) is 0 Å². The standard InChI is InChI=1S/C65H46N2/c1-5-18-50(19-6-1)65(51-20-7-2-8-21-51)60-28-16-15-27-57(60)58-40-39-55(44-61(58)65)66(52-22-9-3-10-23-52)54-37-33-46(34-38-54)45-29-31-47(32-30-45)49-36-41-62-59(43-49)64-56-26-14-13-17-48(56)35-42-63(64)67(62)53-24-11-4-12-25-53/h1-13,15-25,27-44H,14,26H2. The molecule has 0 bridgehead atoms. The maximum Gasteiger partial charge on any atom is 0.0714 e. The number of hydrogen-bond donors (Lipinski definition) is 0. The first kappa shape index (κ1) is 39.0. The molecule has 0 unspecified atom stereocenters. The van der Waals surface area contributed by atoms with Crippen LogP contribution in [0.3, 0.4) is 0 Å². The van der Waals surface area contributed by atoms with Crippen LogP contribution in [0.4, 0.5) is 17.1 Å². The molecule has 0 amide bonds. The summed E-state index contributed by atoms with van der Waals surface area (Å²) in [4.78, 5) is 2.40. The van der Waals surface area contributed by atoms with Crippen LogP contribution in [-0.2, 0) is 11.8 Å². The van der Waals surface area contributed by atoms with E-state index in [1.165, 1.54) is 94.3 Å². The fourth-order valence-corrected chi connectivity index (χ4v) is 11.4. The Kier molecular flexibility index (Phi) is 9.25. The Hall–Kier alpha value is -8.46. The Morgan fingerprint density at radius 1 is 0.403 bits per heavy atom. The first-order chi connectivity index (χ1) is 33.2. The molecule has 11 aromatic rings. The lowest BCUT2D eigenvalue weighted by atomic mass is 9.67. The summed E-state index contributed by atoms with van der Waals surface area (Å²) in [6, 6.07) is 89.5. The molecule has 1 aromatic heterocycles. The lowest BCUT2D eigenvalue weighted by Crippen LogP contribution is -2.28. The van der Waals surface area contributed by atoms with Gasteiger partial charge in [-0.1, -0.05) is 188 Å². The number of fused-ring (bicyclic) bond motifs is 8. The van der Waals surface area contributed by atoms with Crippen molar-refractivity contribution in [2.24, 2.45) is 0 Å². The van der Waals surface area contributed by atoms with E-state index in [4.69, 9.17) is 0 Å². The van der Waals surface area contributed by atoms with Crippen LogP contribution in [0.1, 0.15) is 39.8 Å². The number of para-hydroxylation sites is 2. The summed E-state index contributed by atoms with van der Waals surface area (Å²) in [5.41, 5.74) is 21.8. The SMILES string of the molecule is C1=Cc2ccc3c(c2CC1)c1cc(-c2ccc(-c4ccc(N(c5ccccc5)c5ccc6c(c5)C(c5ccccc5)(c5ccccc5)c5ccccc5-6)cc4)cc2)ccc1n3-c1ccccc1. The van der Waals surface area contributed by atoms with Gasteiger partial charge in [-0.3, -0.25) is 0 Å². The number of aromatic nitrogens is 1. The van der Waals surface area contributed by atoms with Gasteiger partial charge in [-0.2, -0.15) is 0 Å². The normalized spacial score (nSPS) is 13.3. The first-order valence-corrected chi connectivity index (χ1v) is 23.5. The molecular formula is C65H46N2. The van der Waals surface area contributed by atoms with Crippen molar-refractivity contribution in [1.82, 2.24) is 4.57 Å². The minimum absolute atomic E-state index is 0.479. The Labute approximate surface area is 392 Å². The Morgan fingerprint density at radius 2 is 0.940 bits per heavy atom. The van der Waals surface area contributed by atoms with Gasteiger partial charge >= 0.3 is 0 Å². The number of allylic oxidation sites excluding steroid dienone is 1. The zero-order chi connectivity index (χ0) is 44.3. The zero-order valence-electron chi connectivity index (χ0n) is 37.1. The van der Waals surface area contributed by atoms with Crippen LogP contribution in [0.15, 0.2) is 249 Å². The van der Waals surface area contributed by atoms with Gasteiger partial charge in [0.2, 0.25) is 0 Å². The Bertz CT molecular complexity index is 3600. The average molecular weight is 855 g/mol. The van der Waals surface area contributed by atoms with Crippen molar-refractivity contribution < 1.29 is 0 Å². The number of benzene rings is 10. The van der Waals surface area contributed by atoms with Crippen molar-refractivity contribution in [3.63, 3.8) is 0 Å². The fourth-order valence-electron chi connectivity index (χ4n) is 11.4. The van der Waals surface area contributed by atoms with E-state index in [0.717, 1.165) is 29.9 Å². The molecule has 2 nitrogen and oxygen atoms in total. The van der Waals surface area contributed by atoms with E-state index >= 15 is 0 Å². The average Bonchev–Trinajstić information content (AvgIpc) is 3.90. The monoisotopic (exact) mass is 854 g/mol. The molecule has 316 valence electrons. The highest BCUT2D eigenvalue weighted by molar-refractivity contribution is 6.13. The van der Waals surface area contributed by atoms with Crippen molar-refractivity contribution >= 4 is 44.9 Å². The molecular weight excluding hydrogens is 809 g/mol. The molecule has 0 saturated carbocycles. The summed E-state index contributed by atoms with van der Waals surface area (Å²) in [5.74, 6) is 0. The molecule has 0 aliphatic heterocycles. The number of anilines is 3. The highest BCUT2D eigenvalue weighted by atomic mass is 15.1. The maximum atomic E-state index is 2.44. The molecule has 1 heterocycles. The molecule has 10 aromatic carbocycles. The van der Waals surface area contributed by atoms with Crippen molar-refractivity contribution in [3.8, 4) is 39.1 Å². The van der Waals surface area contributed by atoms with Gasteiger partial charge in [0.05, 0.1) is 16.4 Å². The van der Waals surface area contributed by atoms with Gasteiger partial charge in [0.25, 0.3) is 0 Å². The van der Waals surface area contributed by atoms with Gasteiger partial charge in [-0.15, -0.1) is 0 Å². The number of aryl methyl sites for hydroxylation is 1. The van der Waals surface area contributed by atoms with E-state index < -0.39 is 5.41 Å². The van der Waals surface area contributed by atoms with E-state index in [2.05, 4.69) is 264 Å². The maximum absolute atomic E-state index is 2.44. The van der Waals surface area contributed by atoms with Crippen molar-refractivity contribution in [1.29, 1.82) is 0 Å². The molecule has 0 atom stereocenters. The molecule has 0 fully saturated rings. The predicted molar refractivity (Wildman–Crippen MR) is 281 cm³/mol. The van der Waals surface area contributed by atoms with Crippen molar-refractivity contribution in [2.75, 3.05) is 4.90 Å². The molecule has 67 heavy (non-hydrogen) atoms. The van der Waals surface area contributed by atoms with Gasteiger partial charge in [0, 0.05) is 33.5 Å². The van der Waals surface area contributed by atoms with E-state index in [9.17, 15) is 0 Å². The van der Waals surface area contributed by atoms with Crippen LogP contribution in [0.25, 0.3) is 66.9 Å². The summed E-state index contributed by atoms with van der Waals surface area (Å²) in [6.45, 7) is 0. The Morgan fingerprint density at radius 3 is 1.64 bits per heavy atom. The molecule has 0 saturated heterocycles. The predicted octanol–water partition coefficient (Wildman–Crippen LogP) is 16.9. The van der Waals surface area contributed by atoms with Gasteiger partial charge in [0.15, 0.2) is 0 Å². The quantitative estimate of drug-likeness (QED) is 0.148. The fraction of sp³-hybridized carbons (Fsp3) is 0.0462. The topological polar surface area (TPSA) is 8.17 Å².